The second kappa shape index (κ2) is 8.09. The number of halogens is 2. The number of aliphatic hydroxyl groups excluding tert-OH is 1. The van der Waals surface area contributed by atoms with E-state index in [2.05, 4.69) is 11.1 Å². The Morgan fingerprint density at radius 1 is 1.25 bits per heavy atom. The van der Waals surface area contributed by atoms with Gasteiger partial charge in [-0.1, -0.05) is 32.1 Å². The van der Waals surface area contributed by atoms with Crippen molar-refractivity contribution in [2.45, 2.75) is 83.0 Å². The predicted octanol–water partition coefficient (Wildman–Crippen LogP) is 2.33. The average molecular weight is 350 g/mol. The van der Waals surface area contributed by atoms with Crippen LogP contribution in [0.1, 0.15) is 59.3 Å². The number of amides is 2. The molecule has 1 aliphatic carbocycles. The average Bonchev–Trinajstić information content (AvgIpc) is 2.44. The smallest absolute Gasteiger partial charge is 0.407 e. The Bertz CT molecular complexity index is 446. The summed E-state index contributed by atoms with van der Waals surface area (Å²) >= 11 is 0. The first-order chi connectivity index (χ1) is 10.9. The molecule has 0 heterocycles. The van der Waals surface area contributed by atoms with Gasteiger partial charge < -0.3 is 20.9 Å². The molecule has 2 amide bonds. The Morgan fingerprint density at radius 2 is 1.79 bits per heavy atom. The number of alkyl carbamates (subject to hydrolysis) is 1. The highest BCUT2D eigenvalue weighted by molar-refractivity contribution is 5.82. The first kappa shape index (κ1) is 20.6. The highest BCUT2D eigenvalue weighted by Crippen LogP contribution is 2.31. The molecule has 140 valence electrons. The van der Waals surface area contributed by atoms with Crippen molar-refractivity contribution in [3.63, 3.8) is 0 Å². The minimum Gasteiger partial charge on any atom is -0.444 e. The third-order valence-electron chi connectivity index (χ3n) is 4.10. The van der Waals surface area contributed by atoms with E-state index in [9.17, 15) is 23.5 Å². The van der Waals surface area contributed by atoms with Crippen molar-refractivity contribution in [2.24, 2.45) is 11.7 Å². The molecule has 0 aromatic rings. The number of nitrogens with two attached hydrogens (primary N) is 1. The lowest BCUT2D eigenvalue weighted by atomic mass is 9.83. The van der Waals surface area contributed by atoms with Crippen molar-refractivity contribution in [3.05, 3.63) is 0 Å². The SMILES string of the molecule is CC(C)(C)OC(=O)N[C@@H](CC1CCCCC1)[C@@H](O)C(F)(F)C(N)=O. The van der Waals surface area contributed by atoms with Gasteiger partial charge in [-0.2, -0.15) is 8.78 Å². The van der Waals surface area contributed by atoms with E-state index in [0.29, 0.717) is 0 Å². The van der Waals surface area contributed by atoms with Gasteiger partial charge in [0.25, 0.3) is 5.91 Å². The van der Waals surface area contributed by atoms with E-state index in [0.717, 1.165) is 32.1 Å². The number of hydrogen-bond donors (Lipinski definition) is 3. The van der Waals surface area contributed by atoms with Gasteiger partial charge in [-0.3, -0.25) is 4.79 Å². The van der Waals surface area contributed by atoms with Gasteiger partial charge in [0.05, 0.1) is 6.04 Å². The van der Waals surface area contributed by atoms with E-state index in [4.69, 9.17) is 4.74 Å². The molecule has 8 heteroatoms. The van der Waals surface area contributed by atoms with Gasteiger partial charge in [0, 0.05) is 0 Å². The fourth-order valence-electron chi connectivity index (χ4n) is 2.91. The predicted molar refractivity (Wildman–Crippen MR) is 84.5 cm³/mol. The van der Waals surface area contributed by atoms with Crippen molar-refractivity contribution in [2.75, 3.05) is 0 Å². The van der Waals surface area contributed by atoms with Crippen molar-refractivity contribution in [1.29, 1.82) is 0 Å². The fourth-order valence-corrected chi connectivity index (χ4v) is 2.91. The maximum Gasteiger partial charge on any atom is 0.407 e. The second-order valence-electron chi connectivity index (χ2n) is 7.42. The molecule has 24 heavy (non-hydrogen) atoms. The van der Waals surface area contributed by atoms with Crippen LogP contribution in [0.2, 0.25) is 0 Å². The molecule has 1 aliphatic rings. The molecule has 0 bridgehead atoms. The van der Waals surface area contributed by atoms with Gasteiger partial charge >= 0.3 is 12.0 Å². The van der Waals surface area contributed by atoms with Crippen molar-refractivity contribution in [3.8, 4) is 0 Å². The summed E-state index contributed by atoms with van der Waals surface area (Å²) < 4.78 is 32.7. The molecule has 1 fully saturated rings. The van der Waals surface area contributed by atoms with Crippen LogP contribution in [-0.2, 0) is 9.53 Å². The first-order valence-electron chi connectivity index (χ1n) is 8.29. The van der Waals surface area contributed by atoms with Crippen molar-refractivity contribution in [1.82, 2.24) is 5.32 Å². The van der Waals surface area contributed by atoms with Crippen LogP contribution in [0, 0.1) is 5.92 Å². The van der Waals surface area contributed by atoms with Crippen LogP contribution in [-0.4, -0.2) is 40.8 Å². The number of nitrogens with one attached hydrogen (secondary N) is 1. The number of hydrogen-bond acceptors (Lipinski definition) is 4. The van der Waals surface area contributed by atoms with Gasteiger partial charge in [0.1, 0.15) is 11.7 Å². The summed E-state index contributed by atoms with van der Waals surface area (Å²) in [6.07, 6.45) is 1.54. The van der Waals surface area contributed by atoms with E-state index < -0.39 is 35.7 Å². The summed E-state index contributed by atoms with van der Waals surface area (Å²) in [5, 5.41) is 12.2. The van der Waals surface area contributed by atoms with Crippen LogP contribution < -0.4 is 11.1 Å². The van der Waals surface area contributed by atoms with E-state index in [-0.39, 0.29) is 12.3 Å². The lowest BCUT2D eigenvalue weighted by molar-refractivity contribution is -0.164. The highest BCUT2D eigenvalue weighted by Gasteiger charge is 2.49. The third kappa shape index (κ3) is 6.22. The molecular weight excluding hydrogens is 322 g/mol. The van der Waals surface area contributed by atoms with E-state index in [1.165, 1.54) is 0 Å². The quantitative estimate of drug-likeness (QED) is 0.684. The summed E-state index contributed by atoms with van der Waals surface area (Å²) in [5.41, 5.74) is 3.87. The van der Waals surface area contributed by atoms with Gasteiger partial charge in [0.15, 0.2) is 0 Å². The summed E-state index contributed by atoms with van der Waals surface area (Å²) in [7, 11) is 0. The Balaban J connectivity index is 2.85. The number of rotatable bonds is 6. The summed E-state index contributed by atoms with van der Waals surface area (Å²) in [6.45, 7) is 4.91. The summed E-state index contributed by atoms with van der Waals surface area (Å²) in [5.74, 6) is -5.96. The number of alkyl halides is 2. The minimum atomic E-state index is -4.13. The second-order valence-corrected chi connectivity index (χ2v) is 7.42. The van der Waals surface area contributed by atoms with Gasteiger partial charge in [0.2, 0.25) is 0 Å². The third-order valence-corrected chi connectivity index (χ3v) is 4.10. The monoisotopic (exact) mass is 350 g/mol. The number of aliphatic hydroxyl groups is 1. The molecule has 0 spiro atoms. The Morgan fingerprint density at radius 3 is 2.25 bits per heavy atom. The number of carbonyl (C=O) groups excluding carboxylic acids is 2. The first-order valence-corrected chi connectivity index (χ1v) is 8.29. The van der Waals surface area contributed by atoms with E-state index in [1.807, 2.05) is 0 Å². The molecule has 1 saturated carbocycles. The van der Waals surface area contributed by atoms with Crippen LogP contribution >= 0.6 is 0 Å². The van der Waals surface area contributed by atoms with E-state index >= 15 is 0 Å². The molecular formula is C16H28F2N2O4. The van der Waals surface area contributed by atoms with Crippen molar-refractivity contribution < 1.29 is 28.2 Å². The standard InChI is InChI=1S/C16H28F2N2O4/c1-15(2,3)24-14(23)20-11(9-10-7-5-4-6-8-10)12(21)16(17,18)13(19)22/h10-12,21H,4-9H2,1-3H3,(H2,19,22)(H,20,23)/t11-,12+/m0/s1. The molecule has 0 aromatic heterocycles. The van der Waals surface area contributed by atoms with Crippen LogP contribution in [0.25, 0.3) is 0 Å². The molecule has 4 N–H and O–H groups in total. The normalized spacial score (nSPS) is 19.4. The molecule has 6 nitrogen and oxygen atoms in total. The number of carbonyl (C=O) groups is 2. The Kier molecular flexibility index (Phi) is 6.95. The molecule has 0 unspecified atom stereocenters. The molecule has 0 radical (unpaired) electrons. The minimum absolute atomic E-state index is 0.0945. The lowest BCUT2D eigenvalue weighted by Crippen LogP contribution is -2.57. The van der Waals surface area contributed by atoms with Crippen LogP contribution in [0.5, 0.6) is 0 Å². The highest BCUT2D eigenvalue weighted by atomic mass is 19.3. The summed E-state index contributed by atoms with van der Waals surface area (Å²) in [4.78, 5) is 22.8. The lowest BCUT2D eigenvalue weighted by Gasteiger charge is -2.33. The Labute approximate surface area is 141 Å². The molecule has 1 rings (SSSR count). The summed E-state index contributed by atoms with van der Waals surface area (Å²) in [6, 6.07) is -1.31. The van der Waals surface area contributed by atoms with Crippen LogP contribution in [0.4, 0.5) is 13.6 Å². The number of ether oxygens (including phenoxy) is 1. The zero-order valence-corrected chi connectivity index (χ0v) is 14.5. The maximum absolute atomic E-state index is 13.8. The van der Waals surface area contributed by atoms with Crippen molar-refractivity contribution >= 4 is 12.0 Å². The molecule has 0 saturated heterocycles. The number of primary amides is 1. The topological polar surface area (TPSA) is 102 Å². The van der Waals surface area contributed by atoms with Gasteiger partial charge in [-0.15, -0.1) is 0 Å². The Hall–Kier alpha value is -1.44. The van der Waals surface area contributed by atoms with Crippen LogP contribution in [0.15, 0.2) is 0 Å². The van der Waals surface area contributed by atoms with Gasteiger partial charge in [-0.05, 0) is 33.1 Å². The zero-order valence-electron chi connectivity index (χ0n) is 14.5. The molecule has 2 atom stereocenters. The molecule has 0 aromatic carbocycles. The maximum atomic E-state index is 13.8. The van der Waals surface area contributed by atoms with E-state index in [1.54, 1.807) is 20.8 Å². The molecule has 0 aliphatic heterocycles. The van der Waals surface area contributed by atoms with Crippen LogP contribution in [0.3, 0.4) is 0 Å². The van der Waals surface area contributed by atoms with Gasteiger partial charge in [-0.25, -0.2) is 4.79 Å². The largest absolute Gasteiger partial charge is 0.444 e. The zero-order chi connectivity index (χ0) is 18.5. The fraction of sp³-hybridized carbons (Fsp3) is 0.875.